The highest BCUT2D eigenvalue weighted by atomic mass is 16.1. The second kappa shape index (κ2) is 2.11. The number of hydrogen-bond donors (Lipinski definition) is 0. The highest BCUT2D eigenvalue weighted by Crippen LogP contribution is 2.23. The molecule has 2 aliphatic rings. The molecule has 1 saturated heterocycles. The molecule has 0 N–H and O–H groups in total. The van der Waals surface area contributed by atoms with Gasteiger partial charge in [-0.05, 0) is 12.8 Å². The molecule has 0 saturated carbocycles. The van der Waals surface area contributed by atoms with E-state index in [0.717, 1.165) is 0 Å². The van der Waals surface area contributed by atoms with Crippen molar-refractivity contribution in [3.8, 4) is 0 Å². The number of allylic oxidation sites excluding steroid dienone is 2. The Bertz CT molecular complexity index is 189. The summed E-state index contributed by atoms with van der Waals surface area (Å²) in [6.45, 7) is 2.33. The maximum atomic E-state index is 10.6. The van der Waals surface area contributed by atoms with E-state index in [1.54, 1.807) is 6.08 Å². The molecule has 0 aromatic carbocycles. The summed E-state index contributed by atoms with van der Waals surface area (Å²) in [5.41, 5.74) is 1.27. The van der Waals surface area contributed by atoms with Crippen molar-refractivity contribution in [2.75, 3.05) is 13.1 Å². The van der Waals surface area contributed by atoms with Crippen LogP contribution in [0.25, 0.3) is 0 Å². The molecule has 0 radical (unpaired) electrons. The summed E-state index contributed by atoms with van der Waals surface area (Å²) in [7, 11) is 0. The van der Waals surface area contributed by atoms with Crippen molar-refractivity contribution in [1.82, 2.24) is 4.90 Å². The first-order chi connectivity index (χ1) is 4.86. The Morgan fingerprint density at radius 1 is 1.30 bits per heavy atom. The third-order valence-electron chi connectivity index (χ3n) is 2.20. The average Bonchev–Trinajstić information content (AvgIpc) is 2.31. The molecule has 2 nitrogen and oxygen atoms in total. The minimum atomic E-state index is 0.293. The van der Waals surface area contributed by atoms with Gasteiger partial charge in [-0.1, -0.05) is 0 Å². The zero-order valence-electron chi connectivity index (χ0n) is 5.97. The predicted molar refractivity (Wildman–Crippen MR) is 38.5 cm³/mol. The van der Waals surface area contributed by atoms with Gasteiger partial charge in [0.05, 0.1) is 6.42 Å². The molecule has 2 heteroatoms. The Labute approximate surface area is 60.5 Å². The SMILES string of the molecule is O=C1C=C(N2CCCC2)C1. The molecule has 1 aliphatic heterocycles. The maximum Gasteiger partial charge on any atom is 0.163 e. The van der Waals surface area contributed by atoms with Gasteiger partial charge in [-0.2, -0.15) is 0 Å². The van der Waals surface area contributed by atoms with E-state index in [2.05, 4.69) is 4.90 Å². The van der Waals surface area contributed by atoms with Crippen LogP contribution in [0.15, 0.2) is 11.8 Å². The van der Waals surface area contributed by atoms with Crippen LogP contribution in [0.2, 0.25) is 0 Å². The van der Waals surface area contributed by atoms with Crippen LogP contribution in [0, 0.1) is 0 Å². The lowest BCUT2D eigenvalue weighted by atomic mass is 10.0. The van der Waals surface area contributed by atoms with E-state index in [4.69, 9.17) is 0 Å². The average molecular weight is 137 g/mol. The highest BCUT2D eigenvalue weighted by Gasteiger charge is 2.22. The number of carbonyl (C=O) groups is 1. The zero-order valence-corrected chi connectivity index (χ0v) is 5.97. The molecule has 0 unspecified atom stereocenters. The van der Waals surface area contributed by atoms with Crippen LogP contribution >= 0.6 is 0 Å². The van der Waals surface area contributed by atoms with Gasteiger partial charge in [0.2, 0.25) is 0 Å². The molecule has 0 bridgehead atoms. The van der Waals surface area contributed by atoms with Gasteiger partial charge in [-0.15, -0.1) is 0 Å². The van der Waals surface area contributed by atoms with Crippen molar-refractivity contribution < 1.29 is 4.79 Å². The number of ketones is 1. The van der Waals surface area contributed by atoms with E-state index in [0.29, 0.717) is 12.2 Å². The Morgan fingerprint density at radius 3 is 2.40 bits per heavy atom. The minimum absolute atomic E-state index is 0.293. The van der Waals surface area contributed by atoms with E-state index in [1.165, 1.54) is 31.6 Å². The summed E-state index contributed by atoms with van der Waals surface area (Å²) in [4.78, 5) is 12.9. The van der Waals surface area contributed by atoms with E-state index in [-0.39, 0.29) is 0 Å². The number of carbonyl (C=O) groups excluding carboxylic acids is 1. The lowest BCUT2D eigenvalue weighted by Gasteiger charge is -2.25. The molecule has 0 amide bonds. The Morgan fingerprint density at radius 2 is 1.90 bits per heavy atom. The fourth-order valence-corrected chi connectivity index (χ4v) is 1.54. The molecule has 1 fully saturated rings. The molecule has 10 heavy (non-hydrogen) atoms. The number of nitrogens with zero attached hydrogens (tertiary/aromatic N) is 1. The number of rotatable bonds is 1. The van der Waals surface area contributed by atoms with Gasteiger partial charge in [0.15, 0.2) is 5.78 Å². The zero-order chi connectivity index (χ0) is 6.97. The van der Waals surface area contributed by atoms with Crippen molar-refractivity contribution >= 4 is 5.78 Å². The van der Waals surface area contributed by atoms with E-state index in [9.17, 15) is 4.79 Å². The smallest absolute Gasteiger partial charge is 0.163 e. The van der Waals surface area contributed by atoms with Crippen molar-refractivity contribution in [1.29, 1.82) is 0 Å². The largest absolute Gasteiger partial charge is 0.374 e. The van der Waals surface area contributed by atoms with Crippen LogP contribution < -0.4 is 0 Å². The second-order valence-electron chi connectivity index (χ2n) is 2.97. The maximum absolute atomic E-state index is 10.6. The van der Waals surface area contributed by atoms with E-state index < -0.39 is 0 Å². The van der Waals surface area contributed by atoms with Crippen LogP contribution in [0.5, 0.6) is 0 Å². The summed E-state index contributed by atoms with van der Waals surface area (Å²) in [5, 5.41) is 0. The Kier molecular flexibility index (Phi) is 1.26. The lowest BCUT2D eigenvalue weighted by Crippen LogP contribution is -2.26. The van der Waals surface area contributed by atoms with Crippen molar-refractivity contribution in [3.63, 3.8) is 0 Å². The third-order valence-corrected chi connectivity index (χ3v) is 2.20. The Hall–Kier alpha value is -0.790. The van der Waals surface area contributed by atoms with Crippen molar-refractivity contribution in [2.45, 2.75) is 19.3 Å². The summed E-state index contributed by atoms with van der Waals surface area (Å²) >= 11 is 0. The molecule has 0 atom stereocenters. The highest BCUT2D eigenvalue weighted by molar-refractivity contribution is 5.98. The summed E-state index contributed by atoms with van der Waals surface area (Å²) in [6, 6.07) is 0. The van der Waals surface area contributed by atoms with Crippen LogP contribution in [0.1, 0.15) is 19.3 Å². The van der Waals surface area contributed by atoms with Crippen LogP contribution in [-0.2, 0) is 4.79 Å². The second-order valence-corrected chi connectivity index (χ2v) is 2.97. The number of likely N-dealkylation sites (tertiary alicyclic amines) is 1. The standard InChI is InChI=1S/C8H11NO/c10-8-5-7(6-8)9-3-1-2-4-9/h5H,1-4,6H2. The van der Waals surface area contributed by atoms with Crippen molar-refractivity contribution in [2.24, 2.45) is 0 Å². The molecule has 0 spiro atoms. The lowest BCUT2D eigenvalue weighted by molar-refractivity contribution is -0.116. The molecular weight excluding hydrogens is 126 g/mol. The first-order valence-electron chi connectivity index (χ1n) is 3.84. The quantitative estimate of drug-likeness (QED) is 0.536. The van der Waals surface area contributed by atoms with Gasteiger partial charge in [-0.25, -0.2) is 0 Å². The predicted octanol–water partition coefficient (Wildman–Crippen LogP) is 0.939. The summed E-state index contributed by atoms with van der Waals surface area (Å²) in [6.07, 6.45) is 5.06. The van der Waals surface area contributed by atoms with Crippen LogP contribution in [-0.4, -0.2) is 23.8 Å². The molecule has 0 aromatic rings. The summed E-state index contributed by atoms with van der Waals surface area (Å²) < 4.78 is 0. The third kappa shape index (κ3) is 0.838. The van der Waals surface area contributed by atoms with Gasteiger partial charge in [-0.3, -0.25) is 4.79 Å². The monoisotopic (exact) mass is 137 g/mol. The Balaban J connectivity index is 2.00. The van der Waals surface area contributed by atoms with Gasteiger partial charge in [0, 0.05) is 24.9 Å². The summed E-state index contributed by atoms with van der Waals surface area (Å²) in [5.74, 6) is 0.293. The van der Waals surface area contributed by atoms with Gasteiger partial charge < -0.3 is 4.90 Å². The van der Waals surface area contributed by atoms with E-state index >= 15 is 0 Å². The van der Waals surface area contributed by atoms with Gasteiger partial charge in [0.1, 0.15) is 0 Å². The van der Waals surface area contributed by atoms with Crippen molar-refractivity contribution in [3.05, 3.63) is 11.8 Å². The fraction of sp³-hybridized carbons (Fsp3) is 0.625. The fourth-order valence-electron chi connectivity index (χ4n) is 1.54. The molecule has 1 aliphatic carbocycles. The number of hydrogen-bond acceptors (Lipinski definition) is 2. The first kappa shape index (κ1) is 5.96. The topological polar surface area (TPSA) is 20.3 Å². The molecule has 2 rings (SSSR count). The van der Waals surface area contributed by atoms with Gasteiger partial charge in [0.25, 0.3) is 0 Å². The van der Waals surface area contributed by atoms with Crippen LogP contribution in [0.3, 0.4) is 0 Å². The molecule has 1 heterocycles. The van der Waals surface area contributed by atoms with Crippen LogP contribution in [0.4, 0.5) is 0 Å². The molecule has 54 valence electrons. The molecular formula is C8H11NO. The van der Waals surface area contributed by atoms with Gasteiger partial charge >= 0.3 is 0 Å². The van der Waals surface area contributed by atoms with E-state index in [1.807, 2.05) is 0 Å². The molecule has 0 aromatic heterocycles. The normalized spacial score (nSPS) is 24.6. The first-order valence-corrected chi connectivity index (χ1v) is 3.84. The minimum Gasteiger partial charge on any atom is -0.374 e.